The summed E-state index contributed by atoms with van der Waals surface area (Å²) in [5.74, 6) is 0.348. The number of thiocarbonyl (C=S) groups is 1. The lowest BCUT2D eigenvalue weighted by Gasteiger charge is -2.37. The molecule has 0 radical (unpaired) electrons. The number of halogens is 8. The first-order valence-corrected chi connectivity index (χ1v) is 24.9. The van der Waals surface area contributed by atoms with Crippen molar-refractivity contribution in [2.75, 3.05) is 0 Å². The summed E-state index contributed by atoms with van der Waals surface area (Å²) in [5.41, 5.74) is 2.10. The number of esters is 2. The summed E-state index contributed by atoms with van der Waals surface area (Å²) in [6, 6.07) is 19.1. The van der Waals surface area contributed by atoms with Gasteiger partial charge in [-0.1, -0.05) is 24.3 Å². The maximum absolute atomic E-state index is 13.1. The summed E-state index contributed by atoms with van der Waals surface area (Å²) in [4.78, 5) is 29.9. The van der Waals surface area contributed by atoms with Crippen LogP contribution in [0.4, 0.5) is 5.69 Å². The van der Waals surface area contributed by atoms with Gasteiger partial charge >= 0.3 is 11.9 Å². The van der Waals surface area contributed by atoms with Crippen molar-refractivity contribution in [1.29, 1.82) is 0 Å². The van der Waals surface area contributed by atoms with Crippen LogP contribution in [0.15, 0.2) is 89.6 Å². The van der Waals surface area contributed by atoms with E-state index >= 15 is 0 Å². The number of ether oxygens (including phenoxy) is 4. The molecule has 4 heterocycles. The predicted molar refractivity (Wildman–Crippen MR) is 272 cm³/mol. The zero-order chi connectivity index (χ0) is 43.6. The van der Waals surface area contributed by atoms with Crippen LogP contribution in [0.3, 0.4) is 0 Å². The van der Waals surface area contributed by atoms with E-state index in [1.54, 1.807) is 54.6 Å². The van der Waals surface area contributed by atoms with Gasteiger partial charge in [0.15, 0.2) is 34.2 Å². The molecule has 11 nitrogen and oxygen atoms in total. The number of aromatic hydroxyl groups is 4. The van der Waals surface area contributed by atoms with Crippen LogP contribution in [0.1, 0.15) is 54.1 Å². The van der Waals surface area contributed by atoms with Crippen LogP contribution in [-0.2, 0) is 20.7 Å². The molecule has 6 aromatic rings. The summed E-state index contributed by atoms with van der Waals surface area (Å²) >= 11 is 26.3. The molecule has 0 aromatic heterocycles. The van der Waals surface area contributed by atoms with Crippen LogP contribution in [0, 0.1) is 14.3 Å². The molecule has 0 unspecified atom stereocenters. The molecule has 0 atom stereocenters. The van der Waals surface area contributed by atoms with Crippen molar-refractivity contribution in [3.63, 3.8) is 0 Å². The topological polar surface area (TPSA) is 164 Å². The number of benzene rings is 6. The van der Waals surface area contributed by atoms with Gasteiger partial charge in [-0.2, -0.15) is 4.99 Å². The molecule has 61 heavy (non-hydrogen) atoms. The van der Waals surface area contributed by atoms with Crippen LogP contribution < -0.4 is 9.47 Å². The maximum Gasteiger partial charge on any atom is 0.340 e. The fourth-order valence-corrected chi connectivity index (χ4v) is 13.8. The van der Waals surface area contributed by atoms with E-state index in [0.717, 1.165) is 0 Å². The summed E-state index contributed by atoms with van der Waals surface area (Å²) in [6.07, 6.45) is 0. The van der Waals surface area contributed by atoms with Crippen LogP contribution >= 0.6 is 166 Å². The summed E-state index contributed by atoms with van der Waals surface area (Å²) in [5, 5.41) is 44.2. The molecule has 0 saturated heterocycles. The van der Waals surface area contributed by atoms with Gasteiger partial charge in [0.2, 0.25) is 0 Å². The molecule has 0 bridgehead atoms. The zero-order valence-corrected chi connectivity index (χ0v) is 45.3. The van der Waals surface area contributed by atoms with Crippen molar-refractivity contribution >= 4 is 189 Å². The first kappa shape index (κ1) is 43.9. The van der Waals surface area contributed by atoms with Gasteiger partial charge in [-0.25, -0.2) is 9.59 Å². The number of aliphatic imine (C=N–C) groups is 1. The quantitative estimate of drug-likeness (QED) is 0.0536. The fraction of sp³-hybridized carbons (Fsp3) is 0.0488. The Morgan fingerprint density at radius 1 is 0.557 bits per heavy atom. The summed E-state index contributed by atoms with van der Waals surface area (Å²) in [7, 11) is 0. The minimum atomic E-state index is -1.42. The Kier molecular flexibility index (Phi) is 11.5. The molecule has 10 rings (SSSR count). The highest BCUT2D eigenvalue weighted by atomic mass is 127. The molecular formula is C41H15Br4I4NO10S. The lowest BCUT2D eigenvalue weighted by molar-refractivity contribution is 0.0212. The molecule has 0 amide bonds. The van der Waals surface area contributed by atoms with Crippen LogP contribution in [0.2, 0.25) is 0 Å². The van der Waals surface area contributed by atoms with Gasteiger partial charge in [-0.15, -0.1) is 0 Å². The standard InChI is InChI=1S/C21H7Br4NO5S.C20H8I4O5/c22-12-4-10-18(14(24)16(12)27)30-19-11(5-13(23)17(28)15(19)25)21(10)9-2-1-7(26-6-32)3-8(9)20(29)31-21;21-11-5-9-17(13(23)15(11)25)28-18-10(6-12(22)16(26)14(18)24)20(9)8-4-2-1-3-7(8)19(27)29-20/h1-5,27-28H;1-6,25-26H. The normalized spacial score (nSPS) is 15.0. The Morgan fingerprint density at radius 3 is 1.51 bits per heavy atom. The largest absolute Gasteiger partial charge is 0.506 e. The Bertz CT molecular complexity index is 2980. The first-order valence-electron chi connectivity index (χ1n) is 17.0. The van der Waals surface area contributed by atoms with Crippen molar-refractivity contribution < 1.29 is 49.0 Å². The third-order valence-corrected chi connectivity index (χ3v) is 16.7. The average Bonchev–Trinajstić information content (AvgIpc) is 3.70. The van der Waals surface area contributed by atoms with Gasteiger partial charge in [0.25, 0.3) is 0 Å². The maximum atomic E-state index is 13.1. The van der Waals surface area contributed by atoms with Gasteiger partial charge in [-0.05, 0) is 209 Å². The van der Waals surface area contributed by atoms with E-state index in [-0.39, 0.29) is 43.4 Å². The summed E-state index contributed by atoms with van der Waals surface area (Å²) < 4.78 is 28.1. The third kappa shape index (κ3) is 6.44. The highest BCUT2D eigenvalue weighted by molar-refractivity contribution is 14.1. The first-order chi connectivity index (χ1) is 29.0. The molecule has 20 heteroatoms. The van der Waals surface area contributed by atoms with Gasteiger partial charge in [-0.3, -0.25) is 0 Å². The number of phenols is 4. The van der Waals surface area contributed by atoms with E-state index in [9.17, 15) is 30.0 Å². The second kappa shape index (κ2) is 16.0. The molecule has 0 aliphatic carbocycles. The number of hydrogen-bond acceptors (Lipinski definition) is 12. The number of carbonyl (C=O) groups is 2. The third-order valence-electron chi connectivity index (χ3n) is 10.3. The number of isothiocyanates is 1. The zero-order valence-electron chi connectivity index (χ0n) is 29.5. The van der Waals surface area contributed by atoms with Crippen LogP contribution in [0.5, 0.6) is 46.0 Å². The number of nitrogens with zero attached hydrogens (tertiary/aromatic N) is 1. The number of phenolic OH excluding ortho intramolecular Hbond substituents is 4. The highest BCUT2D eigenvalue weighted by Gasteiger charge is 2.57. The van der Waals surface area contributed by atoms with E-state index in [2.05, 4.69) is 131 Å². The molecule has 4 aliphatic rings. The molecule has 4 N–H and O–H groups in total. The Morgan fingerprint density at radius 2 is 1.00 bits per heavy atom. The molecule has 0 fully saturated rings. The molecule has 306 valence electrons. The SMILES string of the molecule is O=C1OC2(c3ccc(N=C=S)cc31)c1cc(Br)c(O)c(Br)c1Oc1c2cc(Br)c(O)c1Br.O=C1OC2(c3ccccc31)c1cc(I)c(O)c(I)c1Oc1c2cc(I)c(O)c1I. The number of carbonyl (C=O) groups excluding carboxylic acids is 2. The average molecular weight is 1540 g/mol. The van der Waals surface area contributed by atoms with E-state index in [4.69, 9.17) is 18.9 Å². The lowest BCUT2D eigenvalue weighted by Crippen LogP contribution is -2.34. The van der Waals surface area contributed by atoms with Gasteiger partial charge < -0.3 is 39.4 Å². The van der Waals surface area contributed by atoms with Crippen LogP contribution in [0.25, 0.3) is 0 Å². The summed E-state index contributed by atoms with van der Waals surface area (Å²) in [6.45, 7) is 0. The predicted octanol–water partition coefficient (Wildman–Crippen LogP) is 13.5. The van der Waals surface area contributed by atoms with Crippen molar-refractivity contribution in [2.24, 2.45) is 4.99 Å². The molecule has 4 aliphatic heterocycles. The minimum absolute atomic E-state index is 0.0879. The molecular weight excluding hydrogens is 1530 g/mol. The van der Waals surface area contributed by atoms with Gasteiger partial charge in [0.1, 0.15) is 31.9 Å². The smallest absolute Gasteiger partial charge is 0.340 e. The number of rotatable bonds is 1. The Labute approximate surface area is 437 Å². The molecule has 6 aromatic carbocycles. The Hall–Kier alpha value is -2.30. The number of hydrogen-bond donors (Lipinski definition) is 4. The second-order valence-electron chi connectivity index (χ2n) is 13.4. The van der Waals surface area contributed by atoms with Crippen molar-refractivity contribution in [1.82, 2.24) is 0 Å². The molecule has 2 spiro atoms. The van der Waals surface area contributed by atoms with Gasteiger partial charge in [0, 0.05) is 11.1 Å². The van der Waals surface area contributed by atoms with E-state index in [1.165, 1.54) is 0 Å². The van der Waals surface area contributed by atoms with E-state index in [0.29, 0.717) is 84.9 Å². The van der Waals surface area contributed by atoms with E-state index < -0.39 is 23.1 Å². The molecule has 0 saturated carbocycles. The van der Waals surface area contributed by atoms with E-state index in [1.807, 2.05) is 57.3 Å². The Balaban J connectivity index is 0.000000157. The number of fused-ring (bicyclic) bond motifs is 12. The minimum Gasteiger partial charge on any atom is -0.506 e. The second-order valence-corrected chi connectivity index (χ2v) is 21.4. The van der Waals surface area contributed by atoms with Crippen molar-refractivity contribution in [3.8, 4) is 46.0 Å². The highest BCUT2D eigenvalue weighted by Crippen LogP contribution is 2.64. The fourth-order valence-electron chi connectivity index (χ4n) is 7.70. The van der Waals surface area contributed by atoms with Gasteiger partial charge in [0.05, 0.1) is 67.5 Å². The lowest BCUT2D eigenvalue weighted by atomic mass is 9.77. The van der Waals surface area contributed by atoms with Crippen LogP contribution in [-0.4, -0.2) is 37.5 Å². The monoisotopic (exact) mass is 1540 g/mol. The van der Waals surface area contributed by atoms with Crippen molar-refractivity contribution in [2.45, 2.75) is 11.2 Å². The van der Waals surface area contributed by atoms with Crippen molar-refractivity contribution in [3.05, 3.63) is 143 Å².